The molecule has 25 heavy (non-hydrogen) atoms. The molecule has 0 saturated carbocycles. The van der Waals surface area contributed by atoms with Crippen molar-refractivity contribution < 1.29 is 19.2 Å². The van der Waals surface area contributed by atoms with Crippen LogP contribution >= 0.6 is 11.6 Å². The van der Waals surface area contributed by atoms with Gasteiger partial charge in [0.1, 0.15) is 5.75 Å². The molecule has 0 aromatic heterocycles. The maximum Gasteiger partial charge on any atom is 0.316 e. The molecule has 0 spiro atoms. The quantitative estimate of drug-likeness (QED) is 0.361. The molecule has 2 aromatic carbocycles. The topological polar surface area (TPSA) is 89.7 Å². The Balaban J connectivity index is 1.66. The lowest BCUT2D eigenvalue weighted by atomic mass is 10.1. The maximum absolute atomic E-state index is 12.3. The third-order valence-corrected chi connectivity index (χ3v) is 4.11. The fourth-order valence-electron chi connectivity index (χ4n) is 2.57. The van der Waals surface area contributed by atoms with E-state index in [-0.39, 0.29) is 30.3 Å². The van der Waals surface area contributed by atoms with E-state index in [4.69, 9.17) is 16.3 Å². The number of benzene rings is 2. The van der Waals surface area contributed by atoms with Crippen molar-refractivity contribution in [2.24, 2.45) is 5.92 Å². The first-order valence-corrected chi connectivity index (χ1v) is 7.84. The minimum absolute atomic E-state index is 0.0500. The Hall–Kier alpha value is -2.93. The molecule has 1 amide bonds. The van der Waals surface area contributed by atoms with E-state index < -0.39 is 16.8 Å². The molecule has 8 heteroatoms. The Kier molecular flexibility index (Phi) is 4.67. The first-order chi connectivity index (χ1) is 11.9. The zero-order chi connectivity index (χ0) is 18.0. The highest BCUT2D eigenvalue weighted by Crippen LogP contribution is 2.27. The van der Waals surface area contributed by atoms with Crippen LogP contribution in [0.1, 0.15) is 6.42 Å². The van der Waals surface area contributed by atoms with Gasteiger partial charge in [-0.2, -0.15) is 0 Å². The summed E-state index contributed by atoms with van der Waals surface area (Å²) in [5, 5.41) is 11.2. The van der Waals surface area contributed by atoms with Crippen LogP contribution < -0.4 is 9.64 Å². The SMILES string of the molecule is O=C(Oc1ccc([N+](=O)[O-])cc1)[C@H]1CC(=O)N(c2ccc(Cl)cc2)C1. The summed E-state index contributed by atoms with van der Waals surface area (Å²) in [5.74, 6) is -1.11. The first kappa shape index (κ1) is 16.9. The van der Waals surface area contributed by atoms with E-state index in [1.54, 1.807) is 24.3 Å². The highest BCUT2D eigenvalue weighted by molar-refractivity contribution is 6.30. The number of nitrogens with zero attached hydrogens (tertiary/aromatic N) is 2. The van der Waals surface area contributed by atoms with E-state index in [0.717, 1.165) is 0 Å². The van der Waals surface area contributed by atoms with E-state index in [0.29, 0.717) is 10.7 Å². The molecule has 1 saturated heterocycles. The number of rotatable bonds is 4. The fourth-order valence-corrected chi connectivity index (χ4v) is 2.70. The number of anilines is 1. The number of carbonyl (C=O) groups is 2. The normalized spacial score (nSPS) is 16.8. The summed E-state index contributed by atoms with van der Waals surface area (Å²) in [7, 11) is 0. The van der Waals surface area contributed by atoms with Gasteiger partial charge in [-0.25, -0.2) is 0 Å². The van der Waals surface area contributed by atoms with Gasteiger partial charge in [0.25, 0.3) is 5.69 Å². The smallest absolute Gasteiger partial charge is 0.316 e. The number of carbonyl (C=O) groups excluding carboxylic acids is 2. The van der Waals surface area contributed by atoms with Crippen LogP contribution in [0.15, 0.2) is 48.5 Å². The summed E-state index contributed by atoms with van der Waals surface area (Å²) in [6, 6.07) is 12.0. The molecule has 2 aromatic rings. The Labute approximate surface area is 147 Å². The van der Waals surface area contributed by atoms with Crippen LogP contribution in [0.2, 0.25) is 5.02 Å². The highest BCUT2D eigenvalue weighted by Gasteiger charge is 2.36. The lowest BCUT2D eigenvalue weighted by Gasteiger charge is -2.16. The third-order valence-electron chi connectivity index (χ3n) is 3.86. The second-order valence-corrected chi connectivity index (χ2v) is 5.99. The van der Waals surface area contributed by atoms with Crippen molar-refractivity contribution >= 4 is 34.9 Å². The van der Waals surface area contributed by atoms with Crippen LogP contribution in [0.5, 0.6) is 5.75 Å². The molecular weight excluding hydrogens is 348 g/mol. The van der Waals surface area contributed by atoms with E-state index in [1.165, 1.54) is 29.2 Å². The number of amides is 1. The zero-order valence-electron chi connectivity index (χ0n) is 12.9. The molecule has 1 atom stereocenters. The average Bonchev–Trinajstić information content (AvgIpc) is 2.98. The number of non-ortho nitro benzene ring substituents is 1. The molecule has 1 aliphatic rings. The van der Waals surface area contributed by atoms with Crippen molar-refractivity contribution in [3.8, 4) is 5.75 Å². The average molecular weight is 361 g/mol. The number of nitro benzene ring substituents is 1. The number of ether oxygens (including phenoxy) is 1. The molecule has 0 N–H and O–H groups in total. The van der Waals surface area contributed by atoms with Crippen molar-refractivity contribution in [2.75, 3.05) is 11.4 Å². The summed E-state index contributed by atoms with van der Waals surface area (Å²) < 4.78 is 5.22. The lowest BCUT2D eigenvalue weighted by molar-refractivity contribution is -0.384. The van der Waals surface area contributed by atoms with Gasteiger partial charge in [0.15, 0.2) is 0 Å². The Morgan fingerprint density at radius 2 is 1.80 bits per heavy atom. The molecule has 7 nitrogen and oxygen atoms in total. The molecule has 1 heterocycles. The monoisotopic (exact) mass is 360 g/mol. The van der Waals surface area contributed by atoms with Crippen LogP contribution in [0.25, 0.3) is 0 Å². The largest absolute Gasteiger partial charge is 0.426 e. The minimum atomic E-state index is -0.599. The van der Waals surface area contributed by atoms with Gasteiger partial charge >= 0.3 is 5.97 Å². The van der Waals surface area contributed by atoms with Crippen LogP contribution in [0.3, 0.4) is 0 Å². The Morgan fingerprint density at radius 3 is 2.40 bits per heavy atom. The van der Waals surface area contributed by atoms with Gasteiger partial charge in [0.05, 0.1) is 10.8 Å². The molecule has 3 rings (SSSR count). The van der Waals surface area contributed by atoms with Crippen molar-refractivity contribution in [3.63, 3.8) is 0 Å². The van der Waals surface area contributed by atoms with Crippen LogP contribution in [-0.2, 0) is 9.59 Å². The minimum Gasteiger partial charge on any atom is -0.426 e. The van der Waals surface area contributed by atoms with Gasteiger partial charge in [0, 0.05) is 35.8 Å². The second-order valence-electron chi connectivity index (χ2n) is 5.55. The summed E-state index contributed by atoms with van der Waals surface area (Å²) in [6.45, 7) is 0.215. The standard InChI is InChI=1S/C17H13ClN2O5/c18-12-1-3-13(4-2-12)19-10-11(9-16(19)21)17(22)25-15-7-5-14(6-8-15)20(23)24/h1-8,11H,9-10H2/t11-/m0/s1. The second kappa shape index (κ2) is 6.90. The molecule has 0 radical (unpaired) electrons. The van der Waals surface area contributed by atoms with E-state index in [9.17, 15) is 19.7 Å². The summed E-state index contributed by atoms with van der Waals surface area (Å²) >= 11 is 5.84. The van der Waals surface area contributed by atoms with Crippen molar-refractivity contribution in [1.29, 1.82) is 0 Å². The van der Waals surface area contributed by atoms with Crippen LogP contribution in [0, 0.1) is 16.0 Å². The van der Waals surface area contributed by atoms with Gasteiger partial charge < -0.3 is 9.64 Å². The van der Waals surface area contributed by atoms with Crippen molar-refractivity contribution in [1.82, 2.24) is 0 Å². The molecule has 0 unspecified atom stereocenters. The van der Waals surface area contributed by atoms with Gasteiger partial charge in [-0.1, -0.05) is 11.6 Å². The summed E-state index contributed by atoms with van der Waals surface area (Å²) in [5.41, 5.74) is 0.574. The lowest BCUT2D eigenvalue weighted by Crippen LogP contribution is -2.27. The maximum atomic E-state index is 12.3. The Bertz CT molecular complexity index is 820. The van der Waals surface area contributed by atoms with Gasteiger partial charge in [-0.3, -0.25) is 19.7 Å². The van der Waals surface area contributed by atoms with Crippen molar-refractivity contribution in [2.45, 2.75) is 6.42 Å². The van der Waals surface area contributed by atoms with E-state index in [1.807, 2.05) is 0 Å². The molecule has 0 aliphatic carbocycles. The predicted molar refractivity (Wildman–Crippen MR) is 90.6 cm³/mol. The highest BCUT2D eigenvalue weighted by atomic mass is 35.5. The van der Waals surface area contributed by atoms with Gasteiger partial charge in [-0.05, 0) is 36.4 Å². The van der Waals surface area contributed by atoms with Crippen molar-refractivity contribution in [3.05, 3.63) is 63.7 Å². The van der Waals surface area contributed by atoms with E-state index >= 15 is 0 Å². The number of hydrogen-bond acceptors (Lipinski definition) is 5. The Morgan fingerprint density at radius 1 is 1.16 bits per heavy atom. The third kappa shape index (κ3) is 3.77. The summed E-state index contributed by atoms with van der Waals surface area (Å²) in [4.78, 5) is 36.0. The number of hydrogen-bond donors (Lipinski definition) is 0. The molecule has 1 fully saturated rings. The molecule has 128 valence electrons. The molecule has 1 aliphatic heterocycles. The number of halogens is 1. The number of nitro groups is 1. The van der Waals surface area contributed by atoms with Crippen LogP contribution in [0.4, 0.5) is 11.4 Å². The predicted octanol–water partition coefficient (Wildman–Crippen LogP) is 3.21. The van der Waals surface area contributed by atoms with Crippen LogP contribution in [-0.4, -0.2) is 23.3 Å². The number of esters is 1. The zero-order valence-corrected chi connectivity index (χ0v) is 13.7. The summed E-state index contributed by atoms with van der Waals surface area (Å²) in [6.07, 6.45) is 0.0500. The molecule has 0 bridgehead atoms. The molecular formula is C17H13ClN2O5. The fraction of sp³-hybridized carbons (Fsp3) is 0.176. The van der Waals surface area contributed by atoms with Gasteiger partial charge in [0.2, 0.25) is 5.91 Å². The van der Waals surface area contributed by atoms with E-state index in [2.05, 4.69) is 0 Å². The van der Waals surface area contributed by atoms with Gasteiger partial charge in [-0.15, -0.1) is 0 Å². The first-order valence-electron chi connectivity index (χ1n) is 7.46.